The highest BCUT2D eigenvalue weighted by Gasteiger charge is 2.34. The van der Waals surface area contributed by atoms with Crippen LogP contribution in [0.5, 0.6) is 5.75 Å². The summed E-state index contributed by atoms with van der Waals surface area (Å²) in [5, 5.41) is 0. The van der Waals surface area contributed by atoms with E-state index in [4.69, 9.17) is 14.2 Å². The van der Waals surface area contributed by atoms with E-state index >= 15 is 0 Å². The number of methoxy groups -OCH3 is 2. The molecule has 1 aromatic rings. The molecule has 1 aromatic carbocycles. The summed E-state index contributed by atoms with van der Waals surface area (Å²) in [6.45, 7) is 3.83. The first-order valence-corrected chi connectivity index (χ1v) is 10.9. The van der Waals surface area contributed by atoms with Gasteiger partial charge in [-0.1, -0.05) is 12.1 Å². The molecule has 30 heavy (non-hydrogen) atoms. The standard InChI is InChI=1S/C23H34N2O5/c1-28-15-16-30-21-10-13-24(14-11-21)23(27)19-5-8-22(26)25(17-19)12-9-18-3-6-20(29-2)7-4-18/h3-4,6-7,19,21H,5,8-17H2,1-2H3/t19-/m1/s1. The first kappa shape index (κ1) is 22.6. The minimum atomic E-state index is -0.0930. The lowest BCUT2D eigenvalue weighted by molar-refractivity contribution is -0.144. The molecular weight excluding hydrogens is 384 g/mol. The van der Waals surface area contributed by atoms with Gasteiger partial charge in [-0.25, -0.2) is 0 Å². The Balaban J connectivity index is 1.46. The van der Waals surface area contributed by atoms with Crippen molar-refractivity contribution in [1.29, 1.82) is 0 Å². The molecule has 2 aliphatic rings. The highest BCUT2D eigenvalue weighted by molar-refractivity contribution is 5.84. The highest BCUT2D eigenvalue weighted by atomic mass is 16.5. The van der Waals surface area contributed by atoms with E-state index in [0.29, 0.717) is 39.1 Å². The SMILES string of the molecule is COCCOC1CCN(C(=O)[C@@H]2CCC(=O)N(CCc3ccc(OC)cc3)C2)CC1. The van der Waals surface area contributed by atoms with Crippen LogP contribution in [-0.4, -0.2) is 81.3 Å². The van der Waals surface area contributed by atoms with E-state index < -0.39 is 0 Å². The second-order valence-corrected chi connectivity index (χ2v) is 8.06. The van der Waals surface area contributed by atoms with E-state index in [-0.39, 0.29) is 23.8 Å². The summed E-state index contributed by atoms with van der Waals surface area (Å²) < 4.78 is 16.0. The van der Waals surface area contributed by atoms with Crippen molar-refractivity contribution in [2.24, 2.45) is 5.92 Å². The molecule has 7 nitrogen and oxygen atoms in total. The Morgan fingerprint density at radius 3 is 2.47 bits per heavy atom. The fraction of sp³-hybridized carbons (Fsp3) is 0.652. The number of hydrogen-bond donors (Lipinski definition) is 0. The average Bonchev–Trinajstić information content (AvgIpc) is 2.79. The molecule has 2 saturated heterocycles. The van der Waals surface area contributed by atoms with Crippen LogP contribution in [0.25, 0.3) is 0 Å². The molecule has 3 rings (SSSR count). The third-order valence-electron chi connectivity index (χ3n) is 6.07. The van der Waals surface area contributed by atoms with E-state index in [1.165, 1.54) is 0 Å². The first-order chi connectivity index (χ1) is 14.6. The van der Waals surface area contributed by atoms with Crippen molar-refractivity contribution in [2.45, 2.75) is 38.2 Å². The minimum Gasteiger partial charge on any atom is -0.497 e. The van der Waals surface area contributed by atoms with Crippen molar-refractivity contribution in [2.75, 3.05) is 53.6 Å². The number of amides is 2. The molecule has 0 aromatic heterocycles. The molecule has 0 spiro atoms. The Kier molecular flexibility index (Phi) is 8.51. The fourth-order valence-electron chi connectivity index (χ4n) is 4.19. The van der Waals surface area contributed by atoms with Crippen molar-refractivity contribution < 1.29 is 23.8 Å². The van der Waals surface area contributed by atoms with E-state index in [9.17, 15) is 9.59 Å². The van der Waals surface area contributed by atoms with E-state index in [0.717, 1.165) is 43.7 Å². The third kappa shape index (κ3) is 6.19. The molecule has 0 saturated carbocycles. The van der Waals surface area contributed by atoms with Gasteiger partial charge in [0.1, 0.15) is 5.75 Å². The second kappa shape index (κ2) is 11.3. The maximum atomic E-state index is 13.0. The Hall–Kier alpha value is -2.12. The Morgan fingerprint density at radius 1 is 1.07 bits per heavy atom. The molecular formula is C23H34N2O5. The van der Waals surface area contributed by atoms with Gasteiger partial charge < -0.3 is 24.0 Å². The van der Waals surface area contributed by atoms with Gasteiger partial charge in [0.2, 0.25) is 11.8 Å². The van der Waals surface area contributed by atoms with Gasteiger partial charge in [-0.15, -0.1) is 0 Å². The summed E-state index contributed by atoms with van der Waals surface area (Å²) in [5.41, 5.74) is 1.16. The summed E-state index contributed by atoms with van der Waals surface area (Å²) in [6, 6.07) is 7.91. The van der Waals surface area contributed by atoms with Crippen LogP contribution in [0.4, 0.5) is 0 Å². The van der Waals surface area contributed by atoms with Crippen molar-refractivity contribution in [3.05, 3.63) is 29.8 Å². The number of carbonyl (C=O) groups excluding carboxylic acids is 2. The molecule has 0 aliphatic carbocycles. The number of ether oxygens (including phenoxy) is 3. The van der Waals surface area contributed by atoms with Crippen molar-refractivity contribution >= 4 is 11.8 Å². The molecule has 0 N–H and O–H groups in total. The zero-order chi connectivity index (χ0) is 21.3. The van der Waals surface area contributed by atoms with Crippen LogP contribution < -0.4 is 4.74 Å². The third-order valence-corrected chi connectivity index (χ3v) is 6.07. The number of likely N-dealkylation sites (tertiary alicyclic amines) is 2. The number of hydrogen-bond acceptors (Lipinski definition) is 5. The van der Waals surface area contributed by atoms with Crippen molar-refractivity contribution in [3.63, 3.8) is 0 Å². The number of carbonyl (C=O) groups is 2. The highest BCUT2D eigenvalue weighted by Crippen LogP contribution is 2.23. The maximum Gasteiger partial charge on any atom is 0.227 e. The quantitative estimate of drug-likeness (QED) is 0.575. The first-order valence-electron chi connectivity index (χ1n) is 10.9. The molecule has 0 radical (unpaired) electrons. The van der Waals surface area contributed by atoms with Gasteiger partial charge >= 0.3 is 0 Å². The molecule has 0 bridgehead atoms. The van der Waals surface area contributed by atoms with Crippen LogP contribution in [0.2, 0.25) is 0 Å². The molecule has 2 fully saturated rings. The lowest BCUT2D eigenvalue weighted by Crippen LogP contribution is -2.49. The summed E-state index contributed by atoms with van der Waals surface area (Å²) in [6.07, 6.45) is 3.82. The Labute approximate surface area is 179 Å². The fourth-order valence-corrected chi connectivity index (χ4v) is 4.19. The van der Waals surface area contributed by atoms with E-state index in [1.807, 2.05) is 34.1 Å². The van der Waals surface area contributed by atoms with Crippen LogP contribution >= 0.6 is 0 Å². The molecule has 166 valence electrons. The van der Waals surface area contributed by atoms with Gasteiger partial charge in [-0.2, -0.15) is 0 Å². The topological polar surface area (TPSA) is 68.3 Å². The Morgan fingerprint density at radius 2 is 1.80 bits per heavy atom. The van der Waals surface area contributed by atoms with Gasteiger partial charge in [-0.3, -0.25) is 9.59 Å². The lowest BCUT2D eigenvalue weighted by Gasteiger charge is -2.37. The lowest BCUT2D eigenvalue weighted by atomic mass is 9.94. The Bertz CT molecular complexity index is 685. The van der Waals surface area contributed by atoms with Crippen LogP contribution in [0, 0.1) is 5.92 Å². The van der Waals surface area contributed by atoms with Crippen LogP contribution in [0.3, 0.4) is 0 Å². The van der Waals surface area contributed by atoms with Crippen LogP contribution in [0.1, 0.15) is 31.2 Å². The predicted octanol–water partition coefficient (Wildman–Crippen LogP) is 2.13. The number of piperidine rings is 2. The second-order valence-electron chi connectivity index (χ2n) is 8.06. The van der Waals surface area contributed by atoms with Gasteiger partial charge in [-0.05, 0) is 43.4 Å². The zero-order valence-corrected chi connectivity index (χ0v) is 18.2. The van der Waals surface area contributed by atoms with Gasteiger partial charge in [0.15, 0.2) is 0 Å². The predicted molar refractivity (Wildman–Crippen MR) is 113 cm³/mol. The molecule has 7 heteroatoms. The molecule has 2 aliphatic heterocycles. The largest absolute Gasteiger partial charge is 0.497 e. The molecule has 2 heterocycles. The van der Waals surface area contributed by atoms with E-state index in [1.54, 1.807) is 14.2 Å². The smallest absolute Gasteiger partial charge is 0.227 e. The normalized spacial score (nSPS) is 20.5. The van der Waals surface area contributed by atoms with Gasteiger partial charge in [0.05, 0.1) is 32.3 Å². The average molecular weight is 419 g/mol. The monoisotopic (exact) mass is 418 g/mol. The maximum absolute atomic E-state index is 13.0. The minimum absolute atomic E-state index is 0.0930. The van der Waals surface area contributed by atoms with Crippen LogP contribution in [0.15, 0.2) is 24.3 Å². The van der Waals surface area contributed by atoms with Crippen molar-refractivity contribution in [3.8, 4) is 5.75 Å². The summed E-state index contributed by atoms with van der Waals surface area (Å²) in [5.74, 6) is 1.07. The molecule has 1 atom stereocenters. The summed E-state index contributed by atoms with van der Waals surface area (Å²) in [4.78, 5) is 29.2. The van der Waals surface area contributed by atoms with Crippen LogP contribution in [-0.2, 0) is 25.5 Å². The molecule has 0 unspecified atom stereocenters. The van der Waals surface area contributed by atoms with Gasteiger partial charge in [0.25, 0.3) is 0 Å². The van der Waals surface area contributed by atoms with Crippen molar-refractivity contribution in [1.82, 2.24) is 9.80 Å². The summed E-state index contributed by atoms with van der Waals surface area (Å²) in [7, 11) is 3.31. The number of benzene rings is 1. The zero-order valence-electron chi connectivity index (χ0n) is 18.2. The van der Waals surface area contributed by atoms with Gasteiger partial charge in [0, 0.05) is 39.7 Å². The number of rotatable bonds is 9. The number of nitrogens with zero attached hydrogens (tertiary/aromatic N) is 2. The summed E-state index contributed by atoms with van der Waals surface area (Å²) >= 11 is 0. The molecule has 2 amide bonds. The van der Waals surface area contributed by atoms with E-state index in [2.05, 4.69) is 0 Å².